The molecule has 0 aliphatic carbocycles. The Morgan fingerprint density at radius 3 is 2.50 bits per heavy atom. The van der Waals surface area contributed by atoms with Gasteiger partial charge in [-0.15, -0.1) is 6.58 Å². The molecule has 2 aliphatic heterocycles. The van der Waals surface area contributed by atoms with Crippen LogP contribution in [-0.2, 0) is 13.9 Å². The first kappa shape index (κ1) is 22.8. The molecule has 0 saturated carbocycles. The third kappa shape index (κ3) is 4.58. The lowest BCUT2D eigenvalue weighted by molar-refractivity contribution is -0.124. The van der Waals surface area contributed by atoms with Crippen LogP contribution in [0.3, 0.4) is 0 Å². The third-order valence-corrected chi connectivity index (χ3v) is 11.1. The van der Waals surface area contributed by atoms with Crippen molar-refractivity contribution in [3.8, 4) is 5.75 Å². The summed E-state index contributed by atoms with van der Waals surface area (Å²) < 4.78 is 23.8. The van der Waals surface area contributed by atoms with Crippen LogP contribution >= 0.6 is 0 Å². The molecule has 4 atom stereocenters. The van der Waals surface area contributed by atoms with Crippen LogP contribution in [0.15, 0.2) is 36.9 Å². The Morgan fingerprint density at radius 2 is 1.93 bits per heavy atom. The number of methoxy groups -OCH3 is 1. The molecule has 166 valence electrons. The van der Waals surface area contributed by atoms with E-state index in [4.69, 9.17) is 18.6 Å². The average Bonchev–Trinajstić information content (AvgIpc) is 3.01. The van der Waals surface area contributed by atoms with Gasteiger partial charge in [0.15, 0.2) is 14.4 Å². The maximum atomic E-state index is 12.8. The number of carbonyl (C=O) groups excluding carboxylic acids is 1. The molecule has 3 rings (SSSR count). The number of rotatable bonds is 7. The SMILES string of the molecule is C=CC[C@@H]1C[C@H]2[C@H](OC(=O)N2c2ccc(OC)cc2)[C@@H](CO[Si](C)(C)C(C)(C)C)O1. The summed E-state index contributed by atoms with van der Waals surface area (Å²) in [5.41, 5.74) is 0.802. The van der Waals surface area contributed by atoms with Gasteiger partial charge in [0, 0.05) is 5.69 Å². The summed E-state index contributed by atoms with van der Waals surface area (Å²) in [6, 6.07) is 7.39. The summed E-state index contributed by atoms with van der Waals surface area (Å²) in [5, 5.41) is 0.100. The molecule has 0 spiro atoms. The quantitative estimate of drug-likeness (QED) is 0.440. The lowest BCUT2D eigenvalue weighted by Crippen LogP contribution is -2.54. The van der Waals surface area contributed by atoms with E-state index in [1.165, 1.54) is 0 Å². The number of hydrogen-bond acceptors (Lipinski definition) is 5. The molecular weight excluding hydrogens is 398 g/mol. The standard InChI is InChI=1S/C23H35NO5Si/c1-8-9-18-14-19-21(20(28-18)15-27-30(6,7)23(2,3)4)29-22(25)24(19)16-10-12-17(26-5)13-11-16/h8,10-13,18-21H,1,9,14-15H2,2-7H3/t18-,19+,20-,21+/m1/s1. The van der Waals surface area contributed by atoms with E-state index in [-0.39, 0.29) is 35.5 Å². The fourth-order valence-electron chi connectivity index (χ4n) is 3.77. The molecule has 1 aromatic rings. The van der Waals surface area contributed by atoms with Gasteiger partial charge >= 0.3 is 6.09 Å². The maximum Gasteiger partial charge on any atom is 0.415 e. The van der Waals surface area contributed by atoms with Crippen LogP contribution in [0.5, 0.6) is 5.75 Å². The molecular formula is C23H35NO5Si. The van der Waals surface area contributed by atoms with Crippen molar-refractivity contribution in [1.82, 2.24) is 0 Å². The summed E-state index contributed by atoms with van der Waals surface area (Å²) in [7, 11) is -0.324. The van der Waals surface area contributed by atoms with Gasteiger partial charge in [0.2, 0.25) is 0 Å². The van der Waals surface area contributed by atoms with E-state index in [0.717, 1.165) is 17.9 Å². The second-order valence-corrected chi connectivity index (χ2v) is 14.4. The minimum absolute atomic E-state index is 0.0213. The van der Waals surface area contributed by atoms with E-state index in [1.54, 1.807) is 12.0 Å². The summed E-state index contributed by atoms with van der Waals surface area (Å²) in [6.07, 6.45) is 2.28. The predicted molar refractivity (Wildman–Crippen MR) is 121 cm³/mol. The van der Waals surface area contributed by atoms with E-state index in [0.29, 0.717) is 13.0 Å². The van der Waals surface area contributed by atoms with Crippen molar-refractivity contribution in [2.75, 3.05) is 18.6 Å². The minimum Gasteiger partial charge on any atom is -0.497 e. The summed E-state index contributed by atoms with van der Waals surface area (Å²) in [5.74, 6) is 0.750. The topological polar surface area (TPSA) is 57.2 Å². The first-order chi connectivity index (χ1) is 14.1. The number of carbonyl (C=O) groups is 1. The molecule has 0 bridgehead atoms. The van der Waals surface area contributed by atoms with Crippen LogP contribution < -0.4 is 9.64 Å². The van der Waals surface area contributed by atoms with Crippen molar-refractivity contribution in [2.24, 2.45) is 0 Å². The van der Waals surface area contributed by atoms with E-state index in [2.05, 4.69) is 40.4 Å². The highest BCUT2D eigenvalue weighted by Gasteiger charge is 2.52. The molecule has 2 fully saturated rings. The molecule has 2 aliphatic rings. The molecule has 7 heteroatoms. The summed E-state index contributed by atoms with van der Waals surface area (Å²) in [4.78, 5) is 14.6. The lowest BCUT2D eigenvalue weighted by Gasteiger charge is -2.41. The number of amides is 1. The van der Waals surface area contributed by atoms with E-state index in [9.17, 15) is 4.79 Å². The number of fused-ring (bicyclic) bond motifs is 1. The fourth-order valence-corrected chi connectivity index (χ4v) is 4.78. The molecule has 0 unspecified atom stereocenters. The molecule has 2 heterocycles. The number of benzene rings is 1. The van der Waals surface area contributed by atoms with Crippen LogP contribution in [-0.4, -0.2) is 52.5 Å². The van der Waals surface area contributed by atoms with Crippen LogP contribution in [0, 0.1) is 0 Å². The van der Waals surface area contributed by atoms with Gasteiger partial charge in [-0.2, -0.15) is 0 Å². The van der Waals surface area contributed by atoms with Gasteiger partial charge in [-0.05, 0) is 55.2 Å². The Balaban J connectivity index is 1.82. The van der Waals surface area contributed by atoms with Crippen molar-refractivity contribution >= 4 is 20.1 Å². The highest BCUT2D eigenvalue weighted by molar-refractivity contribution is 6.74. The zero-order valence-corrected chi connectivity index (χ0v) is 20.0. The van der Waals surface area contributed by atoms with Crippen molar-refractivity contribution < 1.29 is 23.4 Å². The molecule has 2 saturated heterocycles. The molecule has 0 radical (unpaired) electrons. The highest BCUT2D eigenvalue weighted by Crippen LogP contribution is 2.40. The Hall–Kier alpha value is -1.83. The average molecular weight is 434 g/mol. The molecule has 0 aromatic heterocycles. The van der Waals surface area contributed by atoms with Crippen molar-refractivity contribution in [3.63, 3.8) is 0 Å². The lowest BCUT2D eigenvalue weighted by atomic mass is 9.93. The Morgan fingerprint density at radius 1 is 1.27 bits per heavy atom. The highest BCUT2D eigenvalue weighted by atomic mass is 28.4. The third-order valence-electron chi connectivity index (χ3n) is 6.58. The number of anilines is 1. The molecule has 30 heavy (non-hydrogen) atoms. The zero-order chi connectivity index (χ0) is 22.1. The number of hydrogen-bond donors (Lipinski definition) is 0. The second kappa shape index (κ2) is 8.73. The van der Waals surface area contributed by atoms with Gasteiger partial charge in [0.05, 0.1) is 25.9 Å². The van der Waals surface area contributed by atoms with Gasteiger partial charge in [-0.1, -0.05) is 26.8 Å². The van der Waals surface area contributed by atoms with E-state index in [1.807, 2.05) is 30.3 Å². The maximum absolute atomic E-state index is 12.8. The van der Waals surface area contributed by atoms with E-state index >= 15 is 0 Å². The van der Waals surface area contributed by atoms with Crippen molar-refractivity contribution in [1.29, 1.82) is 0 Å². The molecule has 0 N–H and O–H groups in total. The Labute approximate surface area is 181 Å². The molecule has 1 amide bonds. The zero-order valence-electron chi connectivity index (χ0n) is 19.0. The van der Waals surface area contributed by atoms with Crippen molar-refractivity contribution in [2.45, 2.75) is 76.1 Å². The van der Waals surface area contributed by atoms with Gasteiger partial charge in [0.1, 0.15) is 11.9 Å². The first-order valence-corrected chi connectivity index (χ1v) is 13.5. The van der Waals surface area contributed by atoms with Crippen LogP contribution in [0.25, 0.3) is 0 Å². The van der Waals surface area contributed by atoms with Gasteiger partial charge < -0.3 is 18.6 Å². The van der Waals surface area contributed by atoms with Gasteiger partial charge in [0.25, 0.3) is 0 Å². The van der Waals surface area contributed by atoms with Crippen LogP contribution in [0.4, 0.5) is 10.5 Å². The van der Waals surface area contributed by atoms with E-state index < -0.39 is 8.32 Å². The number of ether oxygens (including phenoxy) is 3. The Bertz CT molecular complexity index is 758. The summed E-state index contributed by atoms with van der Waals surface area (Å²) in [6.45, 7) is 15.4. The van der Waals surface area contributed by atoms with Gasteiger partial charge in [-0.25, -0.2) is 4.79 Å². The number of nitrogens with zero attached hydrogens (tertiary/aromatic N) is 1. The first-order valence-electron chi connectivity index (χ1n) is 10.6. The molecule has 1 aromatic carbocycles. The fraction of sp³-hybridized carbons (Fsp3) is 0.609. The minimum atomic E-state index is -1.95. The monoisotopic (exact) mass is 433 g/mol. The van der Waals surface area contributed by atoms with Crippen LogP contribution in [0.2, 0.25) is 18.1 Å². The second-order valence-electron chi connectivity index (χ2n) is 9.61. The van der Waals surface area contributed by atoms with Gasteiger partial charge in [-0.3, -0.25) is 4.90 Å². The summed E-state index contributed by atoms with van der Waals surface area (Å²) >= 11 is 0. The largest absolute Gasteiger partial charge is 0.497 e. The van der Waals surface area contributed by atoms with Crippen LogP contribution in [0.1, 0.15) is 33.6 Å². The Kier molecular flexibility index (Phi) is 6.65. The normalized spacial score (nSPS) is 26.9. The van der Waals surface area contributed by atoms with Crippen molar-refractivity contribution in [3.05, 3.63) is 36.9 Å². The smallest absolute Gasteiger partial charge is 0.415 e. The predicted octanol–water partition coefficient (Wildman–Crippen LogP) is 5.14. The molecule has 6 nitrogen and oxygen atoms in total.